The molecule has 0 saturated heterocycles. The summed E-state index contributed by atoms with van der Waals surface area (Å²) in [6.07, 6.45) is 0. The van der Waals surface area contributed by atoms with Gasteiger partial charge in [-0.05, 0) is 24.3 Å². The highest BCUT2D eigenvalue weighted by Crippen LogP contribution is 2.26. The molecule has 0 spiro atoms. The molecule has 0 saturated carbocycles. The first kappa shape index (κ1) is 12.9. The van der Waals surface area contributed by atoms with Gasteiger partial charge in [-0.15, -0.1) is 0 Å². The zero-order valence-electron chi connectivity index (χ0n) is 10.9. The van der Waals surface area contributed by atoms with E-state index in [4.69, 9.17) is 0 Å². The molecule has 6 heteroatoms. The average Bonchev–Trinajstić information content (AvgIpc) is 2.74. The molecule has 0 radical (unpaired) electrons. The number of nitrogens with zero attached hydrogens (tertiary/aromatic N) is 1. The van der Waals surface area contributed by atoms with Gasteiger partial charge < -0.3 is 5.32 Å². The first-order chi connectivity index (χ1) is 10.2. The van der Waals surface area contributed by atoms with Crippen LogP contribution >= 0.6 is 0 Å². The highest BCUT2D eigenvalue weighted by atomic mass is 16.2. The standard InChI is InChI=1S/C15H11N3O3/c19-13-11-8-4-5-9-12(11)18(14(13)20)17-15(21)16-10-6-2-1-3-7-10/h1-9H,(H2,16,17,21). The van der Waals surface area contributed by atoms with Crippen LogP contribution in [-0.2, 0) is 4.79 Å². The highest BCUT2D eigenvalue weighted by molar-refractivity contribution is 6.52. The van der Waals surface area contributed by atoms with Crippen LogP contribution in [0.2, 0.25) is 0 Å². The number of para-hydroxylation sites is 2. The van der Waals surface area contributed by atoms with E-state index in [2.05, 4.69) is 10.7 Å². The smallest absolute Gasteiger partial charge is 0.307 e. The molecule has 1 heterocycles. The number of hydrogen-bond donors (Lipinski definition) is 2. The van der Waals surface area contributed by atoms with Crippen LogP contribution in [0, 0.1) is 0 Å². The predicted molar refractivity (Wildman–Crippen MR) is 76.9 cm³/mol. The zero-order valence-corrected chi connectivity index (χ0v) is 10.9. The van der Waals surface area contributed by atoms with E-state index in [0.717, 1.165) is 5.01 Å². The fourth-order valence-electron chi connectivity index (χ4n) is 2.08. The molecule has 1 aliphatic rings. The van der Waals surface area contributed by atoms with Gasteiger partial charge in [0.15, 0.2) is 0 Å². The molecule has 2 N–H and O–H groups in total. The summed E-state index contributed by atoms with van der Waals surface area (Å²) in [4.78, 5) is 35.6. The van der Waals surface area contributed by atoms with Crippen molar-refractivity contribution < 1.29 is 14.4 Å². The molecular weight excluding hydrogens is 270 g/mol. The van der Waals surface area contributed by atoms with Gasteiger partial charge in [0.2, 0.25) is 0 Å². The Morgan fingerprint density at radius 1 is 0.905 bits per heavy atom. The first-order valence-corrected chi connectivity index (χ1v) is 6.27. The maximum atomic E-state index is 11.9. The molecule has 0 aliphatic carbocycles. The van der Waals surface area contributed by atoms with Crippen LogP contribution < -0.4 is 15.8 Å². The molecule has 0 unspecified atom stereocenters. The number of anilines is 2. The molecule has 0 bridgehead atoms. The van der Waals surface area contributed by atoms with E-state index >= 15 is 0 Å². The monoisotopic (exact) mass is 281 g/mol. The second kappa shape index (κ2) is 5.09. The Labute approximate surface area is 120 Å². The number of fused-ring (bicyclic) bond motifs is 1. The molecular formula is C15H11N3O3. The van der Waals surface area contributed by atoms with Gasteiger partial charge >= 0.3 is 11.9 Å². The van der Waals surface area contributed by atoms with Crippen molar-refractivity contribution in [3.8, 4) is 0 Å². The fraction of sp³-hybridized carbons (Fsp3) is 0. The lowest BCUT2D eigenvalue weighted by Gasteiger charge is -2.17. The maximum Gasteiger partial charge on any atom is 0.338 e. The summed E-state index contributed by atoms with van der Waals surface area (Å²) in [7, 11) is 0. The van der Waals surface area contributed by atoms with Crippen molar-refractivity contribution >= 4 is 29.1 Å². The van der Waals surface area contributed by atoms with Crippen LogP contribution in [0.3, 0.4) is 0 Å². The molecule has 3 rings (SSSR count). The number of hydrogen-bond acceptors (Lipinski definition) is 3. The van der Waals surface area contributed by atoms with E-state index in [0.29, 0.717) is 11.4 Å². The summed E-state index contributed by atoms with van der Waals surface area (Å²) in [6, 6.07) is 14.7. The second-order valence-corrected chi connectivity index (χ2v) is 4.42. The summed E-state index contributed by atoms with van der Waals surface area (Å²) in [5.41, 5.74) is 3.61. The average molecular weight is 281 g/mol. The molecule has 2 aromatic carbocycles. The minimum Gasteiger partial charge on any atom is -0.307 e. The van der Waals surface area contributed by atoms with Crippen LogP contribution in [0.15, 0.2) is 54.6 Å². The Bertz CT molecular complexity index is 728. The Hall–Kier alpha value is -3.15. The van der Waals surface area contributed by atoms with Gasteiger partial charge in [0, 0.05) is 5.69 Å². The van der Waals surface area contributed by atoms with Crippen LogP contribution in [0.25, 0.3) is 0 Å². The molecule has 3 amide bonds. The van der Waals surface area contributed by atoms with Gasteiger partial charge in [0.1, 0.15) is 0 Å². The van der Waals surface area contributed by atoms with Gasteiger partial charge in [0.05, 0.1) is 11.3 Å². The largest absolute Gasteiger partial charge is 0.338 e. The summed E-state index contributed by atoms with van der Waals surface area (Å²) >= 11 is 0. The highest BCUT2D eigenvalue weighted by Gasteiger charge is 2.36. The number of amides is 3. The van der Waals surface area contributed by atoms with Crippen molar-refractivity contribution in [2.75, 3.05) is 10.3 Å². The van der Waals surface area contributed by atoms with Crippen molar-refractivity contribution in [1.29, 1.82) is 0 Å². The van der Waals surface area contributed by atoms with Gasteiger partial charge in [-0.3, -0.25) is 9.59 Å². The molecule has 104 valence electrons. The molecule has 6 nitrogen and oxygen atoms in total. The molecule has 21 heavy (non-hydrogen) atoms. The molecule has 2 aromatic rings. The van der Waals surface area contributed by atoms with Gasteiger partial charge in [0.25, 0.3) is 5.78 Å². The van der Waals surface area contributed by atoms with E-state index in [1.165, 1.54) is 0 Å². The SMILES string of the molecule is O=C(Nc1ccccc1)NN1C(=O)C(=O)c2ccccc21. The van der Waals surface area contributed by atoms with E-state index in [1.807, 2.05) is 6.07 Å². The number of hydrazine groups is 1. The Morgan fingerprint density at radius 2 is 1.57 bits per heavy atom. The lowest BCUT2D eigenvalue weighted by molar-refractivity contribution is -0.114. The minimum absolute atomic E-state index is 0.280. The van der Waals surface area contributed by atoms with Crippen molar-refractivity contribution in [3.63, 3.8) is 0 Å². The van der Waals surface area contributed by atoms with Crippen LogP contribution in [0.5, 0.6) is 0 Å². The molecule has 1 aliphatic heterocycles. The lowest BCUT2D eigenvalue weighted by atomic mass is 10.1. The van der Waals surface area contributed by atoms with Gasteiger partial charge in [-0.25, -0.2) is 15.2 Å². The fourth-order valence-corrected chi connectivity index (χ4v) is 2.08. The number of Topliss-reactive ketones (excluding diaryl/α,β-unsaturated/α-hetero) is 1. The lowest BCUT2D eigenvalue weighted by Crippen LogP contribution is -2.47. The van der Waals surface area contributed by atoms with Gasteiger partial charge in [-0.1, -0.05) is 30.3 Å². The minimum atomic E-state index is -0.778. The zero-order chi connectivity index (χ0) is 14.8. The van der Waals surface area contributed by atoms with Crippen molar-refractivity contribution in [2.24, 2.45) is 0 Å². The number of rotatable bonds is 2. The molecule has 0 atom stereocenters. The van der Waals surface area contributed by atoms with Crippen molar-refractivity contribution in [1.82, 2.24) is 5.43 Å². The molecule has 0 fully saturated rings. The summed E-state index contributed by atoms with van der Waals surface area (Å²) in [5.74, 6) is -1.41. The van der Waals surface area contributed by atoms with E-state index < -0.39 is 17.7 Å². The van der Waals surface area contributed by atoms with Crippen molar-refractivity contribution in [3.05, 3.63) is 60.2 Å². The first-order valence-electron chi connectivity index (χ1n) is 6.27. The topological polar surface area (TPSA) is 78.5 Å². The number of urea groups is 1. The van der Waals surface area contributed by atoms with E-state index in [9.17, 15) is 14.4 Å². The Kier molecular flexibility index (Phi) is 3.12. The van der Waals surface area contributed by atoms with Crippen LogP contribution in [0.1, 0.15) is 10.4 Å². The normalized spacial score (nSPS) is 13.0. The third-order valence-corrected chi connectivity index (χ3v) is 3.03. The van der Waals surface area contributed by atoms with Crippen molar-refractivity contribution in [2.45, 2.75) is 0 Å². The quantitative estimate of drug-likeness (QED) is 0.826. The second-order valence-electron chi connectivity index (χ2n) is 4.42. The van der Waals surface area contributed by atoms with E-state index in [-0.39, 0.29) is 5.56 Å². The molecule has 0 aromatic heterocycles. The number of ketones is 1. The summed E-state index contributed by atoms with van der Waals surface area (Å²) in [6.45, 7) is 0. The number of carbonyl (C=O) groups is 3. The van der Waals surface area contributed by atoms with Crippen LogP contribution in [-0.4, -0.2) is 17.7 Å². The Balaban J connectivity index is 1.78. The third kappa shape index (κ3) is 2.34. The summed E-state index contributed by atoms with van der Waals surface area (Å²) < 4.78 is 0. The summed E-state index contributed by atoms with van der Waals surface area (Å²) in [5, 5.41) is 3.53. The maximum absolute atomic E-state index is 11.9. The van der Waals surface area contributed by atoms with Gasteiger partial charge in [-0.2, -0.15) is 0 Å². The third-order valence-electron chi connectivity index (χ3n) is 3.03. The number of nitrogens with one attached hydrogen (secondary N) is 2. The number of benzene rings is 2. The van der Waals surface area contributed by atoms with Crippen LogP contribution in [0.4, 0.5) is 16.2 Å². The predicted octanol–water partition coefficient (Wildman–Crippen LogP) is 1.95. The van der Waals surface area contributed by atoms with E-state index in [1.54, 1.807) is 48.5 Å². The Morgan fingerprint density at radius 3 is 2.33 bits per heavy atom. The number of carbonyl (C=O) groups excluding carboxylic acids is 3.